The number of nitrogens with zero attached hydrogens (tertiary/aromatic N) is 1. The molecule has 1 heterocycles. The number of aliphatic hydroxyl groups excluding tert-OH is 1. The standard InChI is InChI=1S/C15H15BrN2O2/c1-10-6-13(16)3-2-11(10)7-15(20)18-14-8-17-5-4-12(14)9-19/h2-6,8,19H,7,9H2,1H3,(H,18,20). The number of benzene rings is 1. The van der Waals surface area contributed by atoms with Gasteiger partial charge in [0.1, 0.15) is 0 Å². The molecule has 0 radical (unpaired) electrons. The van der Waals surface area contributed by atoms with E-state index in [1.165, 1.54) is 6.20 Å². The SMILES string of the molecule is Cc1cc(Br)ccc1CC(=O)Nc1cnccc1CO. The highest BCUT2D eigenvalue weighted by Crippen LogP contribution is 2.18. The summed E-state index contributed by atoms with van der Waals surface area (Å²) in [5, 5.41) is 12.0. The van der Waals surface area contributed by atoms with Crippen LogP contribution in [0.5, 0.6) is 0 Å². The molecule has 0 saturated carbocycles. The number of carbonyl (C=O) groups is 1. The zero-order valence-electron chi connectivity index (χ0n) is 11.1. The minimum absolute atomic E-state index is 0.127. The van der Waals surface area contributed by atoms with Crippen LogP contribution in [-0.2, 0) is 17.8 Å². The molecule has 0 atom stereocenters. The lowest BCUT2D eigenvalue weighted by Crippen LogP contribution is -2.16. The van der Waals surface area contributed by atoms with E-state index < -0.39 is 0 Å². The Kier molecular flexibility index (Phi) is 4.87. The molecule has 0 aliphatic rings. The number of anilines is 1. The van der Waals surface area contributed by atoms with Crippen LogP contribution in [-0.4, -0.2) is 16.0 Å². The van der Waals surface area contributed by atoms with Gasteiger partial charge in [0.15, 0.2) is 0 Å². The van der Waals surface area contributed by atoms with Gasteiger partial charge in [-0.05, 0) is 36.2 Å². The first kappa shape index (κ1) is 14.7. The summed E-state index contributed by atoms with van der Waals surface area (Å²) in [5.74, 6) is -0.127. The van der Waals surface area contributed by atoms with Crippen molar-refractivity contribution in [3.05, 3.63) is 57.8 Å². The minimum atomic E-state index is -0.130. The van der Waals surface area contributed by atoms with Gasteiger partial charge in [0.2, 0.25) is 5.91 Å². The summed E-state index contributed by atoms with van der Waals surface area (Å²) in [5.41, 5.74) is 3.24. The van der Waals surface area contributed by atoms with Crippen molar-refractivity contribution >= 4 is 27.5 Å². The molecule has 0 aliphatic carbocycles. The zero-order valence-corrected chi connectivity index (χ0v) is 12.6. The Balaban J connectivity index is 2.09. The molecule has 0 bridgehead atoms. The minimum Gasteiger partial charge on any atom is -0.392 e. The van der Waals surface area contributed by atoms with Crippen LogP contribution in [0.15, 0.2) is 41.1 Å². The number of halogens is 1. The van der Waals surface area contributed by atoms with Crippen molar-refractivity contribution in [2.45, 2.75) is 20.0 Å². The number of hydrogen-bond acceptors (Lipinski definition) is 3. The number of hydrogen-bond donors (Lipinski definition) is 2. The quantitative estimate of drug-likeness (QED) is 0.903. The Bertz CT molecular complexity index is 629. The molecule has 1 aromatic carbocycles. The van der Waals surface area contributed by atoms with Crippen LogP contribution in [0.25, 0.3) is 0 Å². The maximum absolute atomic E-state index is 12.1. The topological polar surface area (TPSA) is 62.2 Å². The van der Waals surface area contributed by atoms with Gasteiger partial charge in [0.05, 0.1) is 24.9 Å². The molecule has 0 spiro atoms. The van der Waals surface area contributed by atoms with Crippen molar-refractivity contribution in [1.82, 2.24) is 4.98 Å². The van der Waals surface area contributed by atoms with E-state index in [0.717, 1.165) is 15.6 Å². The molecule has 2 N–H and O–H groups in total. The lowest BCUT2D eigenvalue weighted by Gasteiger charge is -2.10. The summed E-state index contributed by atoms with van der Waals surface area (Å²) in [7, 11) is 0. The lowest BCUT2D eigenvalue weighted by atomic mass is 10.1. The van der Waals surface area contributed by atoms with Crippen LogP contribution >= 0.6 is 15.9 Å². The second-order valence-electron chi connectivity index (χ2n) is 4.49. The van der Waals surface area contributed by atoms with Gasteiger partial charge in [-0.15, -0.1) is 0 Å². The molecule has 5 heteroatoms. The molecule has 0 unspecified atom stereocenters. The van der Waals surface area contributed by atoms with Crippen molar-refractivity contribution in [3.63, 3.8) is 0 Å². The molecule has 1 aromatic heterocycles. The number of amides is 1. The first-order valence-electron chi connectivity index (χ1n) is 6.19. The molecular weight excluding hydrogens is 320 g/mol. The molecule has 4 nitrogen and oxygen atoms in total. The van der Waals surface area contributed by atoms with Crippen molar-refractivity contribution in [2.75, 3.05) is 5.32 Å². The summed E-state index contributed by atoms with van der Waals surface area (Å²) in [6, 6.07) is 7.50. The van der Waals surface area contributed by atoms with Crippen LogP contribution < -0.4 is 5.32 Å². The Hall–Kier alpha value is -1.72. The van der Waals surface area contributed by atoms with Crippen LogP contribution in [0.1, 0.15) is 16.7 Å². The zero-order chi connectivity index (χ0) is 14.5. The van der Waals surface area contributed by atoms with E-state index in [1.54, 1.807) is 12.3 Å². The first-order valence-corrected chi connectivity index (χ1v) is 6.98. The molecular formula is C15H15BrN2O2. The molecule has 0 saturated heterocycles. The highest BCUT2D eigenvalue weighted by Gasteiger charge is 2.09. The predicted octanol–water partition coefficient (Wildman–Crippen LogP) is 2.83. The molecule has 2 rings (SSSR count). The Morgan fingerprint density at radius 2 is 2.15 bits per heavy atom. The fraction of sp³-hybridized carbons (Fsp3) is 0.200. The van der Waals surface area contributed by atoms with E-state index in [2.05, 4.69) is 26.2 Å². The van der Waals surface area contributed by atoms with E-state index >= 15 is 0 Å². The third-order valence-electron chi connectivity index (χ3n) is 3.01. The summed E-state index contributed by atoms with van der Waals surface area (Å²) in [4.78, 5) is 16.0. The molecule has 2 aromatic rings. The largest absolute Gasteiger partial charge is 0.392 e. The predicted molar refractivity (Wildman–Crippen MR) is 81.4 cm³/mol. The normalized spacial score (nSPS) is 10.3. The van der Waals surface area contributed by atoms with E-state index in [-0.39, 0.29) is 12.5 Å². The maximum atomic E-state index is 12.1. The van der Waals surface area contributed by atoms with E-state index in [1.807, 2.05) is 25.1 Å². The third kappa shape index (κ3) is 3.65. The summed E-state index contributed by atoms with van der Waals surface area (Å²) >= 11 is 3.40. The summed E-state index contributed by atoms with van der Waals surface area (Å²) in [6.07, 6.45) is 3.41. The summed E-state index contributed by atoms with van der Waals surface area (Å²) in [6.45, 7) is 1.84. The molecule has 104 valence electrons. The number of pyridine rings is 1. The average molecular weight is 335 g/mol. The van der Waals surface area contributed by atoms with Crippen molar-refractivity contribution in [2.24, 2.45) is 0 Å². The van der Waals surface area contributed by atoms with E-state index in [9.17, 15) is 9.90 Å². The van der Waals surface area contributed by atoms with Gasteiger partial charge in [-0.2, -0.15) is 0 Å². The fourth-order valence-electron chi connectivity index (χ4n) is 1.90. The molecule has 0 fully saturated rings. The Labute approximate surface area is 126 Å². The van der Waals surface area contributed by atoms with Gasteiger partial charge >= 0.3 is 0 Å². The molecule has 0 aliphatic heterocycles. The monoisotopic (exact) mass is 334 g/mol. The third-order valence-corrected chi connectivity index (χ3v) is 3.50. The number of aliphatic hydroxyl groups is 1. The van der Waals surface area contributed by atoms with Crippen LogP contribution in [0.3, 0.4) is 0 Å². The smallest absolute Gasteiger partial charge is 0.228 e. The fourth-order valence-corrected chi connectivity index (χ4v) is 2.37. The van der Waals surface area contributed by atoms with Gasteiger partial charge < -0.3 is 10.4 Å². The molecule has 20 heavy (non-hydrogen) atoms. The van der Waals surface area contributed by atoms with Gasteiger partial charge in [-0.25, -0.2) is 0 Å². The highest BCUT2D eigenvalue weighted by molar-refractivity contribution is 9.10. The lowest BCUT2D eigenvalue weighted by molar-refractivity contribution is -0.115. The number of aromatic nitrogens is 1. The highest BCUT2D eigenvalue weighted by atomic mass is 79.9. The van der Waals surface area contributed by atoms with Gasteiger partial charge in [-0.1, -0.05) is 22.0 Å². The number of nitrogens with one attached hydrogen (secondary N) is 1. The van der Waals surface area contributed by atoms with Gasteiger partial charge in [-0.3, -0.25) is 9.78 Å². The summed E-state index contributed by atoms with van der Waals surface area (Å²) < 4.78 is 0.994. The number of aryl methyl sites for hydroxylation is 1. The van der Waals surface area contributed by atoms with Crippen molar-refractivity contribution < 1.29 is 9.90 Å². The van der Waals surface area contributed by atoms with Crippen molar-refractivity contribution in [1.29, 1.82) is 0 Å². The maximum Gasteiger partial charge on any atom is 0.228 e. The Morgan fingerprint density at radius 1 is 1.35 bits per heavy atom. The second kappa shape index (κ2) is 6.63. The van der Waals surface area contributed by atoms with E-state index in [0.29, 0.717) is 17.7 Å². The number of carbonyl (C=O) groups excluding carboxylic acids is 1. The first-order chi connectivity index (χ1) is 9.60. The van der Waals surface area contributed by atoms with Crippen LogP contribution in [0.4, 0.5) is 5.69 Å². The van der Waals surface area contributed by atoms with Crippen LogP contribution in [0.2, 0.25) is 0 Å². The van der Waals surface area contributed by atoms with Crippen LogP contribution in [0, 0.1) is 6.92 Å². The van der Waals surface area contributed by atoms with Crippen molar-refractivity contribution in [3.8, 4) is 0 Å². The Morgan fingerprint density at radius 3 is 2.85 bits per heavy atom. The van der Waals surface area contributed by atoms with E-state index in [4.69, 9.17) is 0 Å². The van der Waals surface area contributed by atoms with Gasteiger partial charge in [0.25, 0.3) is 0 Å². The second-order valence-corrected chi connectivity index (χ2v) is 5.40. The number of rotatable bonds is 4. The molecule has 1 amide bonds. The van der Waals surface area contributed by atoms with Gasteiger partial charge in [0, 0.05) is 16.2 Å². The average Bonchev–Trinajstić information content (AvgIpc) is 2.42.